The number of hydrogen-bond acceptors (Lipinski definition) is 3. The van der Waals surface area contributed by atoms with Gasteiger partial charge >= 0.3 is 0 Å². The van der Waals surface area contributed by atoms with E-state index in [4.69, 9.17) is 15.2 Å². The Labute approximate surface area is 118 Å². The average Bonchev–Trinajstić information content (AvgIpc) is 2.47. The Bertz CT molecular complexity index is 599. The zero-order chi connectivity index (χ0) is 14.5. The van der Waals surface area contributed by atoms with Gasteiger partial charge in [-0.1, -0.05) is 18.2 Å². The number of nitrogens with two attached hydrogens (primary N) is 1. The zero-order valence-electron chi connectivity index (χ0n) is 11.7. The van der Waals surface area contributed by atoms with Crippen LogP contribution in [0, 0.1) is 5.82 Å². The van der Waals surface area contributed by atoms with E-state index < -0.39 is 0 Å². The van der Waals surface area contributed by atoms with Crippen LogP contribution in [0.25, 0.3) is 11.1 Å². The van der Waals surface area contributed by atoms with Crippen LogP contribution < -0.4 is 15.2 Å². The van der Waals surface area contributed by atoms with Crippen LogP contribution in [0.4, 0.5) is 4.39 Å². The molecule has 0 spiro atoms. The van der Waals surface area contributed by atoms with Crippen LogP contribution in [0.2, 0.25) is 0 Å². The molecular formula is C16H18FNO2. The summed E-state index contributed by atoms with van der Waals surface area (Å²) in [6.07, 6.45) is 0.696. The molecule has 2 rings (SSSR count). The van der Waals surface area contributed by atoms with Crippen molar-refractivity contribution in [1.82, 2.24) is 0 Å². The Morgan fingerprint density at radius 2 is 1.80 bits per heavy atom. The Balaban J connectivity index is 2.66. The van der Waals surface area contributed by atoms with Crippen molar-refractivity contribution in [3.8, 4) is 22.6 Å². The van der Waals surface area contributed by atoms with Gasteiger partial charge in [0.25, 0.3) is 0 Å². The fraction of sp³-hybridized carbons (Fsp3) is 0.250. The third kappa shape index (κ3) is 2.75. The maximum atomic E-state index is 14.0. The molecule has 106 valence electrons. The molecular weight excluding hydrogens is 257 g/mol. The highest BCUT2D eigenvalue weighted by Gasteiger charge is 2.16. The summed E-state index contributed by atoms with van der Waals surface area (Å²) in [5.74, 6) is 0.813. The van der Waals surface area contributed by atoms with Gasteiger partial charge in [-0.15, -0.1) is 0 Å². The average molecular weight is 275 g/mol. The third-order valence-corrected chi connectivity index (χ3v) is 3.14. The van der Waals surface area contributed by atoms with Crippen molar-refractivity contribution in [1.29, 1.82) is 0 Å². The topological polar surface area (TPSA) is 44.5 Å². The van der Waals surface area contributed by atoms with Crippen LogP contribution in [-0.2, 0) is 6.42 Å². The highest BCUT2D eigenvalue weighted by Crippen LogP contribution is 2.40. The molecule has 2 N–H and O–H groups in total. The van der Waals surface area contributed by atoms with E-state index in [1.165, 1.54) is 6.07 Å². The predicted octanol–water partition coefficient (Wildman–Crippen LogP) is 3.01. The lowest BCUT2D eigenvalue weighted by Gasteiger charge is -2.15. The standard InChI is InChI=1S/C16H18FNO2/c1-19-15-10-11(7-8-18)9-13(16(15)20-2)12-5-3-4-6-14(12)17/h3-6,9-10H,7-8,18H2,1-2H3. The van der Waals surface area contributed by atoms with E-state index in [1.807, 2.05) is 12.1 Å². The Morgan fingerprint density at radius 1 is 1.05 bits per heavy atom. The molecule has 0 bridgehead atoms. The first-order valence-corrected chi connectivity index (χ1v) is 6.41. The summed E-state index contributed by atoms with van der Waals surface area (Å²) in [7, 11) is 3.11. The van der Waals surface area contributed by atoms with E-state index in [2.05, 4.69) is 0 Å². The van der Waals surface area contributed by atoms with Crippen LogP contribution in [0.3, 0.4) is 0 Å². The normalized spacial score (nSPS) is 10.4. The van der Waals surface area contributed by atoms with Crippen molar-refractivity contribution in [3.05, 3.63) is 47.8 Å². The predicted molar refractivity (Wildman–Crippen MR) is 77.7 cm³/mol. The molecule has 0 atom stereocenters. The molecule has 4 heteroatoms. The van der Waals surface area contributed by atoms with E-state index in [0.717, 1.165) is 5.56 Å². The fourth-order valence-electron chi connectivity index (χ4n) is 2.21. The van der Waals surface area contributed by atoms with E-state index in [9.17, 15) is 4.39 Å². The first-order chi connectivity index (χ1) is 9.71. The van der Waals surface area contributed by atoms with Crippen molar-refractivity contribution in [2.45, 2.75) is 6.42 Å². The quantitative estimate of drug-likeness (QED) is 0.912. The maximum Gasteiger partial charge on any atom is 0.168 e. The maximum absolute atomic E-state index is 14.0. The highest BCUT2D eigenvalue weighted by atomic mass is 19.1. The molecule has 2 aromatic rings. The van der Waals surface area contributed by atoms with E-state index in [-0.39, 0.29) is 5.82 Å². The first kappa shape index (κ1) is 14.3. The molecule has 0 amide bonds. The molecule has 0 aromatic heterocycles. The zero-order valence-corrected chi connectivity index (χ0v) is 11.7. The fourth-order valence-corrected chi connectivity index (χ4v) is 2.21. The Hall–Kier alpha value is -2.07. The van der Waals surface area contributed by atoms with Crippen molar-refractivity contribution in [3.63, 3.8) is 0 Å². The summed E-state index contributed by atoms with van der Waals surface area (Å²) in [6, 6.07) is 10.4. The second kappa shape index (κ2) is 6.39. The summed E-state index contributed by atoms with van der Waals surface area (Å²) in [5, 5.41) is 0. The molecule has 0 radical (unpaired) electrons. The minimum absolute atomic E-state index is 0.294. The molecule has 3 nitrogen and oxygen atoms in total. The largest absolute Gasteiger partial charge is 0.493 e. The summed E-state index contributed by atoms with van der Waals surface area (Å²) < 4.78 is 24.7. The summed E-state index contributed by atoms with van der Waals surface area (Å²) in [6.45, 7) is 0.520. The molecule has 0 saturated carbocycles. The number of rotatable bonds is 5. The van der Waals surface area contributed by atoms with Gasteiger partial charge < -0.3 is 15.2 Å². The van der Waals surface area contributed by atoms with Gasteiger partial charge in [-0.25, -0.2) is 4.39 Å². The van der Waals surface area contributed by atoms with Crippen LogP contribution in [-0.4, -0.2) is 20.8 Å². The van der Waals surface area contributed by atoms with E-state index >= 15 is 0 Å². The van der Waals surface area contributed by atoms with E-state index in [1.54, 1.807) is 32.4 Å². The number of benzene rings is 2. The van der Waals surface area contributed by atoms with Gasteiger partial charge in [-0.3, -0.25) is 0 Å². The monoisotopic (exact) mass is 275 g/mol. The first-order valence-electron chi connectivity index (χ1n) is 6.41. The molecule has 20 heavy (non-hydrogen) atoms. The van der Waals surface area contributed by atoms with Gasteiger partial charge in [0, 0.05) is 11.1 Å². The molecule has 0 saturated heterocycles. The molecule has 0 aliphatic heterocycles. The van der Waals surface area contributed by atoms with Gasteiger partial charge in [0.15, 0.2) is 11.5 Å². The van der Waals surface area contributed by atoms with Gasteiger partial charge in [0.05, 0.1) is 14.2 Å². The second-order valence-electron chi connectivity index (χ2n) is 4.40. The summed E-state index contributed by atoms with van der Waals surface area (Å²) in [4.78, 5) is 0. The van der Waals surface area contributed by atoms with Crippen LogP contribution in [0.15, 0.2) is 36.4 Å². The molecule has 0 unspecified atom stereocenters. The van der Waals surface area contributed by atoms with Crippen molar-refractivity contribution in [2.75, 3.05) is 20.8 Å². The summed E-state index contributed by atoms with van der Waals surface area (Å²) in [5.41, 5.74) is 7.75. The van der Waals surface area contributed by atoms with Crippen LogP contribution in [0.5, 0.6) is 11.5 Å². The minimum atomic E-state index is -0.294. The molecule has 0 heterocycles. The van der Waals surface area contributed by atoms with Crippen LogP contribution >= 0.6 is 0 Å². The van der Waals surface area contributed by atoms with Crippen molar-refractivity contribution in [2.24, 2.45) is 5.73 Å². The lowest BCUT2D eigenvalue weighted by atomic mass is 9.99. The number of halogens is 1. The Kier molecular flexibility index (Phi) is 4.58. The van der Waals surface area contributed by atoms with Crippen molar-refractivity contribution < 1.29 is 13.9 Å². The molecule has 0 aliphatic carbocycles. The highest BCUT2D eigenvalue weighted by molar-refractivity contribution is 5.75. The second-order valence-corrected chi connectivity index (χ2v) is 4.40. The minimum Gasteiger partial charge on any atom is -0.493 e. The lowest BCUT2D eigenvalue weighted by Crippen LogP contribution is -2.04. The van der Waals surface area contributed by atoms with Crippen LogP contribution in [0.1, 0.15) is 5.56 Å². The smallest absolute Gasteiger partial charge is 0.168 e. The Morgan fingerprint density at radius 3 is 2.40 bits per heavy atom. The van der Waals surface area contributed by atoms with Crippen molar-refractivity contribution >= 4 is 0 Å². The van der Waals surface area contributed by atoms with Gasteiger partial charge in [0.1, 0.15) is 5.82 Å². The third-order valence-electron chi connectivity index (χ3n) is 3.14. The number of methoxy groups -OCH3 is 2. The van der Waals surface area contributed by atoms with Gasteiger partial charge in [-0.05, 0) is 36.7 Å². The molecule has 0 fully saturated rings. The molecule has 0 aliphatic rings. The lowest BCUT2D eigenvalue weighted by molar-refractivity contribution is 0.355. The van der Waals surface area contributed by atoms with Gasteiger partial charge in [0.2, 0.25) is 0 Å². The molecule has 2 aromatic carbocycles. The summed E-state index contributed by atoms with van der Waals surface area (Å²) >= 11 is 0. The number of hydrogen-bond donors (Lipinski definition) is 1. The SMILES string of the molecule is COc1cc(CCN)cc(-c2ccccc2F)c1OC. The number of ether oxygens (including phenoxy) is 2. The van der Waals surface area contributed by atoms with Gasteiger partial charge in [-0.2, -0.15) is 0 Å². The van der Waals surface area contributed by atoms with E-state index in [0.29, 0.717) is 35.6 Å².